The van der Waals surface area contributed by atoms with Crippen LogP contribution < -0.4 is 5.73 Å². The van der Waals surface area contributed by atoms with Crippen LogP contribution in [0.4, 0.5) is 0 Å². The Labute approximate surface area is 208 Å². The Morgan fingerprint density at radius 2 is 1.69 bits per heavy atom. The van der Waals surface area contributed by atoms with Crippen molar-refractivity contribution in [2.45, 2.75) is 109 Å². The van der Waals surface area contributed by atoms with Crippen molar-refractivity contribution < 1.29 is 24.6 Å². The summed E-state index contributed by atoms with van der Waals surface area (Å²) in [6.45, 7) is 8.41. The van der Waals surface area contributed by atoms with Crippen molar-refractivity contribution in [2.24, 2.45) is 17.1 Å². The van der Waals surface area contributed by atoms with E-state index in [2.05, 4.69) is 49.6 Å². The number of H-pyrrole nitrogens is 1. The average Bonchev–Trinajstić information content (AvgIpc) is 3.25. The number of piperidine rings is 1. The van der Waals surface area contributed by atoms with Crippen molar-refractivity contribution in [3.05, 3.63) is 18.2 Å². The number of imidazole rings is 1. The van der Waals surface area contributed by atoms with E-state index in [4.69, 9.17) is 10.8 Å². The van der Waals surface area contributed by atoms with E-state index in [1.807, 2.05) is 0 Å². The van der Waals surface area contributed by atoms with E-state index in [1.54, 1.807) is 6.20 Å². The molecule has 0 saturated carbocycles. The molecule has 0 aliphatic carbocycles. The van der Waals surface area contributed by atoms with Gasteiger partial charge in [-0.2, -0.15) is 0 Å². The van der Waals surface area contributed by atoms with Gasteiger partial charge in [0.25, 0.3) is 0 Å². The number of hydrogen-bond donors (Lipinski definition) is 4. The highest BCUT2D eigenvalue weighted by Gasteiger charge is 2.58. The molecule has 9 heteroatoms. The van der Waals surface area contributed by atoms with Crippen LogP contribution in [0.25, 0.3) is 0 Å². The van der Waals surface area contributed by atoms with E-state index in [9.17, 15) is 19.5 Å². The number of nitrogens with zero attached hydrogens (tertiary/aromatic N) is 2. The first-order valence-electron chi connectivity index (χ1n) is 12.7. The van der Waals surface area contributed by atoms with Crippen LogP contribution >= 0.6 is 0 Å². The summed E-state index contributed by atoms with van der Waals surface area (Å²) in [5.74, 6) is -2.67. The van der Waals surface area contributed by atoms with Gasteiger partial charge in [-0.15, -0.1) is 0 Å². The zero-order chi connectivity index (χ0) is 26.4. The standard InChI is InChI=1S/C26H44N4O5/c1-24(2)14-18(15-25(3,4)30(24)5)26(23(34)35,12-10-8-6-7-9-11-21(31)32)22(33)20(27)13-19-16-28-17-29-19/h16-18,20H,6-15,27H2,1-5H3,(H,28,29)(H,31,32)(H,34,35)/t20-,26?/m0/s1. The molecule has 2 rings (SSSR count). The number of aliphatic carboxylic acids is 2. The van der Waals surface area contributed by atoms with Gasteiger partial charge in [-0.1, -0.05) is 25.7 Å². The number of Topliss-reactive ketones (excluding diaryl/α,β-unsaturated/α-hetero) is 1. The fourth-order valence-electron chi connectivity index (χ4n) is 5.90. The SMILES string of the molecule is CN1C(C)(C)CC(C(CCCCCCCC(=O)O)(C(=O)O)C(=O)[C@@H](N)Cc2c[nH]cn2)CC1(C)C. The highest BCUT2D eigenvalue weighted by molar-refractivity contribution is 6.06. The number of aromatic nitrogens is 2. The van der Waals surface area contributed by atoms with Crippen LogP contribution in [0.2, 0.25) is 0 Å². The maximum absolute atomic E-state index is 14.0. The number of carbonyl (C=O) groups excluding carboxylic acids is 1. The maximum atomic E-state index is 14.0. The third-order valence-corrected chi connectivity index (χ3v) is 8.11. The molecule has 2 atom stereocenters. The molecule has 198 valence electrons. The molecule has 0 aromatic carbocycles. The van der Waals surface area contributed by atoms with E-state index in [1.165, 1.54) is 6.33 Å². The number of nitrogens with two attached hydrogens (primary N) is 1. The summed E-state index contributed by atoms with van der Waals surface area (Å²) in [7, 11) is 2.06. The molecule has 0 amide bonds. The molecular weight excluding hydrogens is 448 g/mol. The van der Waals surface area contributed by atoms with Crippen molar-refractivity contribution in [2.75, 3.05) is 7.05 Å². The zero-order valence-electron chi connectivity index (χ0n) is 22.0. The summed E-state index contributed by atoms with van der Waals surface area (Å²) >= 11 is 0. The van der Waals surface area contributed by atoms with Crippen LogP contribution in [0.15, 0.2) is 12.5 Å². The molecule has 35 heavy (non-hydrogen) atoms. The Morgan fingerprint density at radius 1 is 1.11 bits per heavy atom. The number of carboxylic acid groups (broad SMARTS) is 2. The van der Waals surface area contributed by atoms with E-state index in [0.717, 1.165) is 19.3 Å². The second kappa shape index (κ2) is 11.6. The van der Waals surface area contributed by atoms with E-state index >= 15 is 0 Å². The largest absolute Gasteiger partial charge is 0.481 e. The number of carbonyl (C=O) groups is 3. The lowest BCUT2D eigenvalue weighted by Crippen LogP contribution is -2.64. The number of unbranched alkanes of at least 4 members (excludes halogenated alkanes) is 4. The number of rotatable bonds is 14. The fourth-order valence-corrected chi connectivity index (χ4v) is 5.90. The predicted molar refractivity (Wildman–Crippen MR) is 134 cm³/mol. The summed E-state index contributed by atoms with van der Waals surface area (Å²) in [5, 5.41) is 19.5. The maximum Gasteiger partial charge on any atom is 0.317 e. The number of carboxylic acids is 2. The van der Waals surface area contributed by atoms with Crippen molar-refractivity contribution >= 4 is 17.7 Å². The molecular formula is C26H44N4O5. The van der Waals surface area contributed by atoms with Crippen molar-refractivity contribution in [3.8, 4) is 0 Å². The van der Waals surface area contributed by atoms with E-state index in [-0.39, 0.29) is 36.3 Å². The van der Waals surface area contributed by atoms with Gasteiger partial charge >= 0.3 is 11.9 Å². The van der Waals surface area contributed by atoms with Crippen LogP contribution in [0, 0.1) is 11.3 Å². The minimum atomic E-state index is -1.58. The van der Waals surface area contributed by atoms with Crippen LogP contribution in [0.3, 0.4) is 0 Å². The second-order valence-corrected chi connectivity index (χ2v) is 11.5. The van der Waals surface area contributed by atoms with Gasteiger partial charge in [-0.3, -0.25) is 19.3 Å². The van der Waals surface area contributed by atoms with Crippen molar-refractivity contribution in [1.82, 2.24) is 14.9 Å². The molecule has 0 spiro atoms. The number of aromatic amines is 1. The molecule has 1 aliphatic rings. The Kier molecular flexibility index (Phi) is 9.64. The number of ketones is 1. The first-order valence-corrected chi connectivity index (χ1v) is 12.7. The molecule has 1 unspecified atom stereocenters. The summed E-state index contributed by atoms with van der Waals surface area (Å²) in [5.41, 5.74) is 4.86. The third-order valence-electron chi connectivity index (χ3n) is 8.11. The average molecular weight is 493 g/mol. The lowest BCUT2D eigenvalue weighted by atomic mass is 9.58. The van der Waals surface area contributed by atoms with Gasteiger partial charge in [-0.05, 0) is 66.3 Å². The molecule has 5 N–H and O–H groups in total. The molecule has 1 saturated heterocycles. The van der Waals surface area contributed by atoms with Gasteiger partial charge in [-0.25, -0.2) is 4.98 Å². The summed E-state index contributed by atoms with van der Waals surface area (Å²) in [6.07, 6.45) is 8.41. The molecule has 0 radical (unpaired) electrons. The van der Waals surface area contributed by atoms with Gasteiger partial charge in [0.05, 0.1) is 18.1 Å². The third kappa shape index (κ3) is 6.91. The van der Waals surface area contributed by atoms with Crippen LogP contribution in [0.5, 0.6) is 0 Å². The van der Waals surface area contributed by atoms with Gasteiger partial charge in [0.2, 0.25) is 0 Å². The van der Waals surface area contributed by atoms with Gasteiger partial charge < -0.3 is 20.9 Å². The Bertz CT molecular complexity index is 849. The minimum Gasteiger partial charge on any atom is -0.481 e. The zero-order valence-corrected chi connectivity index (χ0v) is 22.0. The molecule has 1 aromatic heterocycles. The molecule has 2 heterocycles. The van der Waals surface area contributed by atoms with Crippen LogP contribution in [-0.4, -0.2) is 67.0 Å². The normalized spacial score (nSPS) is 20.7. The monoisotopic (exact) mass is 492 g/mol. The molecule has 1 aliphatic heterocycles. The first-order chi connectivity index (χ1) is 16.2. The lowest BCUT2D eigenvalue weighted by Gasteiger charge is -2.56. The van der Waals surface area contributed by atoms with Crippen molar-refractivity contribution in [1.29, 1.82) is 0 Å². The minimum absolute atomic E-state index is 0.138. The molecule has 9 nitrogen and oxygen atoms in total. The van der Waals surface area contributed by atoms with Crippen molar-refractivity contribution in [3.63, 3.8) is 0 Å². The number of likely N-dealkylation sites (tertiary alicyclic amines) is 1. The Hall–Kier alpha value is -2.26. The molecule has 0 bridgehead atoms. The second-order valence-electron chi connectivity index (χ2n) is 11.5. The predicted octanol–water partition coefficient (Wildman–Crippen LogP) is 3.63. The van der Waals surface area contributed by atoms with E-state index < -0.39 is 29.2 Å². The van der Waals surface area contributed by atoms with Gasteiger partial charge in [0.1, 0.15) is 5.41 Å². The smallest absolute Gasteiger partial charge is 0.317 e. The lowest BCUT2D eigenvalue weighted by molar-refractivity contribution is -0.167. The number of hydrogen-bond acceptors (Lipinski definition) is 6. The summed E-state index contributed by atoms with van der Waals surface area (Å²) in [4.78, 5) is 47.0. The van der Waals surface area contributed by atoms with Crippen LogP contribution in [-0.2, 0) is 20.8 Å². The van der Waals surface area contributed by atoms with Gasteiger partial charge in [0.15, 0.2) is 5.78 Å². The topological polar surface area (TPSA) is 150 Å². The van der Waals surface area contributed by atoms with Crippen LogP contribution in [0.1, 0.15) is 91.2 Å². The first kappa shape index (κ1) is 29.0. The summed E-state index contributed by atoms with van der Waals surface area (Å²) < 4.78 is 0. The summed E-state index contributed by atoms with van der Waals surface area (Å²) in [6, 6.07) is -0.962. The van der Waals surface area contributed by atoms with Gasteiger partial charge in [0, 0.05) is 30.1 Å². The number of nitrogens with one attached hydrogen (secondary N) is 1. The highest BCUT2D eigenvalue weighted by atomic mass is 16.4. The Balaban J connectivity index is 2.30. The molecule has 1 fully saturated rings. The fraction of sp³-hybridized carbons (Fsp3) is 0.769. The quantitative estimate of drug-likeness (QED) is 0.227. The highest BCUT2D eigenvalue weighted by Crippen LogP contribution is 2.50. The molecule has 1 aromatic rings. The van der Waals surface area contributed by atoms with E-state index in [0.29, 0.717) is 31.4 Å². The Morgan fingerprint density at radius 3 is 2.20 bits per heavy atom.